The molecule has 2 aromatic carbocycles. The van der Waals surface area contributed by atoms with Gasteiger partial charge in [-0.3, -0.25) is 0 Å². The van der Waals surface area contributed by atoms with E-state index in [1.165, 1.54) is 11.8 Å². The fraction of sp³-hybridized carbons (Fsp3) is 0.227. The lowest BCUT2D eigenvalue weighted by molar-refractivity contribution is 0.618. The van der Waals surface area contributed by atoms with Crippen LogP contribution in [0.2, 0.25) is 0 Å². The Labute approximate surface area is 148 Å². The summed E-state index contributed by atoms with van der Waals surface area (Å²) in [6, 6.07) is 11.4. The minimum absolute atomic E-state index is 0.172. The fourth-order valence-corrected chi connectivity index (χ4v) is 3.31. The van der Waals surface area contributed by atoms with Gasteiger partial charge in [-0.2, -0.15) is 0 Å². The molecule has 0 aromatic heterocycles. The predicted octanol–water partition coefficient (Wildman–Crippen LogP) is 5.68. The average Bonchev–Trinajstić information content (AvgIpc) is 2.63. The summed E-state index contributed by atoms with van der Waals surface area (Å²) in [6.45, 7) is 3.99. The molecule has 3 rings (SSSR count). The molecular weight excluding hydrogens is 311 g/mol. The second-order valence-corrected chi connectivity index (χ2v) is 6.59. The van der Waals surface area contributed by atoms with Crippen LogP contribution in [0.3, 0.4) is 0 Å². The standard InChI is InChI=1S/C22H23FN2/c1-14-4-7-19(17-6-9-22(25-3)18(12-17)13-24)20(10-14)16-5-8-21(23)15(2)11-16/h4-9,11-14,24-25H,10H2,1-3H3. The van der Waals surface area contributed by atoms with Crippen LogP contribution in [0.25, 0.3) is 11.1 Å². The lowest BCUT2D eigenvalue weighted by Gasteiger charge is -2.22. The molecule has 2 nitrogen and oxygen atoms in total. The molecule has 1 aliphatic rings. The Morgan fingerprint density at radius 2 is 1.92 bits per heavy atom. The van der Waals surface area contributed by atoms with Gasteiger partial charge in [-0.25, -0.2) is 4.39 Å². The monoisotopic (exact) mass is 334 g/mol. The van der Waals surface area contributed by atoms with Crippen LogP contribution >= 0.6 is 0 Å². The number of anilines is 1. The molecule has 0 saturated carbocycles. The highest BCUT2D eigenvalue weighted by Gasteiger charge is 2.17. The van der Waals surface area contributed by atoms with Gasteiger partial charge in [-0.1, -0.05) is 31.2 Å². The summed E-state index contributed by atoms with van der Waals surface area (Å²) in [5, 5.41) is 10.8. The summed E-state index contributed by atoms with van der Waals surface area (Å²) in [4.78, 5) is 0. The molecule has 0 spiro atoms. The lowest BCUT2D eigenvalue weighted by Crippen LogP contribution is -2.03. The molecule has 128 valence electrons. The zero-order valence-electron chi connectivity index (χ0n) is 14.9. The second kappa shape index (κ2) is 7.06. The molecule has 0 aliphatic heterocycles. The Hall–Kier alpha value is -2.68. The van der Waals surface area contributed by atoms with E-state index in [0.29, 0.717) is 11.5 Å². The van der Waals surface area contributed by atoms with Gasteiger partial charge < -0.3 is 10.7 Å². The fourth-order valence-electron chi connectivity index (χ4n) is 3.31. The highest BCUT2D eigenvalue weighted by atomic mass is 19.1. The number of halogens is 1. The van der Waals surface area contributed by atoms with Crippen LogP contribution in [0.4, 0.5) is 10.1 Å². The van der Waals surface area contributed by atoms with Gasteiger partial charge in [-0.15, -0.1) is 0 Å². The second-order valence-electron chi connectivity index (χ2n) is 6.59. The molecular formula is C22H23FN2. The first kappa shape index (κ1) is 17.2. The van der Waals surface area contributed by atoms with Gasteiger partial charge in [0.15, 0.2) is 0 Å². The Morgan fingerprint density at radius 3 is 2.60 bits per heavy atom. The van der Waals surface area contributed by atoms with Gasteiger partial charge in [0.25, 0.3) is 0 Å². The number of rotatable bonds is 4. The Bertz CT molecular complexity index is 878. The highest BCUT2D eigenvalue weighted by molar-refractivity contribution is 5.98. The zero-order valence-corrected chi connectivity index (χ0v) is 14.9. The first-order valence-corrected chi connectivity index (χ1v) is 8.54. The van der Waals surface area contributed by atoms with Crippen LogP contribution in [0.15, 0.2) is 48.6 Å². The minimum atomic E-state index is -0.172. The molecule has 2 N–H and O–H groups in total. The lowest BCUT2D eigenvalue weighted by atomic mass is 9.83. The maximum Gasteiger partial charge on any atom is 0.126 e. The van der Waals surface area contributed by atoms with Crippen LogP contribution in [0.5, 0.6) is 0 Å². The van der Waals surface area contributed by atoms with Crippen molar-refractivity contribution in [1.29, 1.82) is 5.41 Å². The van der Waals surface area contributed by atoms with Gasteiger partial charge in [-0.05, 0) is 71.4 Å². The van der Waals surface area contributed by atoms with Gasteiger partial charge in [0.1, 0.15) is 5.82 Å². The van der Waals surface area contributed by atoms with Gasteiger partial charge in [0.05, 0.1) is 0 Å². The molecule has 2 aromatic rings. The van der Waals surface area contributed by atoms with Crippen LogP contribution in [-0.4, -0.2) is 13.3 Å². The van der Waals surface area contributed by atoms with Crippen molar-refractivity contribution in [2.24, 2.45) is 5.92 Å². The van der Waals surface area contributed by atoms with Crippen LogP contribution in [0, 0.1) is 24.1 Å². The van der Waals surface area contributed by atoms with E-state index in [4.69, 9.17) is 5.41 Å². The maximum atomic E-state index is 13.7. The number of nitrogens with one attached hydrogen (secondary N) is 2. The minimum Gasteiger partial charge on any atom is -0.388 e. The normalized spacial score (nSPS) is 16.9. The smallest absolute Gasteiger partial charge is 0.126 e. The molecule has 25 heavy (non-hydrogen) atoms. The van der Waals surface area contributed by atoms with Crippen molar-refractivity contribution in [3.63, 3.8) is 0 Å². The molecule has 0 saturated heterocycles. The number of benzene rings is 2. The summed E-state index contributed by atoms with van der Waals surface area (Å²) in [7, 11) is 1.86. The van der Waals surface area contributed by atoms with E-state index in [2.05, 4.69) is 30.5 Å². The highest BCUT2D eigenvalue weighted by Crippen LogP contribution is 2.37. The molecule has 0 fully saturated rings. The molecule has 0 amide bonds. The zero-order chi connectivity index (χ0) is 18.0. The maximum absolute atomic E-state index is 13.7. The van der Waals surface area contributed by atoms with E-state index in [0.717, 1.165) is 34.4 Å². The quantitative estimate of drug-likeness (QED) is 0.693. The third kappa shape index (κ3) is 3.41. The Kier molecular flexibility index (Phi) is 4.84. The van der Waals surface area contributed by atoms with Crippen molar-refractivity contribution in [1.82, 2.24) is 0 Å². The first-order chi connectivity index (χ1) is 12.0. The Balaban J connectivity index is 2.17. The largest absolute Gasteiger partial charge is 0.388 e. The van der Waals surface area contributed by atoms with Crippen LogP contribution < -0.4 is 5.32 Å². The first-order valence-electron chi connectivity index (χ1n) is 8.54. The van der Waals surface area contributed by atoms with Crippen molar-refractivity contribution in [2.75, 3.05) is 12.4 Å². The summed E-state index contributed by atoms with van der Waals surface area (Å²) in [6.07, 6.45) is 6.66. The molecule has 0 heterocycles. The molecule has 1 atom stereocenters. The van der Waals surface area contributed by atoms with Crippen LogP contribution in [0.1, 0.15) is 35.6 Å². The van der Waals surface area contributed by atoms with E-state index < -0.39 is 0 Å². The number of aryl methyl sites for hydroxylation is 1. The topological polar surface area (TPSA) is 35.9 Å². The van der Waals surface area contributed by atoms with Crippen molar-refractivity contribution >= 4 is 23.0 Å². The summed E-state index contributed by atoms with van der Waals surface area (Å²) in [5.74, 6) is 0.276. The predicted molar refractivity (Wildman–Crippen MR) is 105 cm³/mol. The SMILES string of the molecule is CNc1ccc(C2=C(c3ccc(F)c(C)c3)CC(C)C=C2)cc1C=N. The summed E-state index contributed by atoms with van der Waals surface area (Å²) in [5.41, 5.74) is 6.98. The Morgan fingerprint density at radius 1 is 1.16 bits per heavy atom. The van der Waals surface area contributed by atoms with Crippen molar-refractivity contribution in [2.45, 2.75) is 20.3 Å². The summed E-state index contributed by atoms with van der Waals surface area (Å²) < 4.78 is 13.7. The van der Waals surface area contributed by atoms with Gasteiger partial charge >= 0.3 is 0 Å². The van der Waals surface area contributed by atoms with Crippen molar-refractivity contribution in [3.05, 3.63) is 76.6 Å². The van der Waals surface area contributed by atoms with Crippen LogP contribution in [-0.2, 0) is 0 Å². The number of hydrogen-bond acceptors (Lipinski definition) is 2. The van der Waals surface area contributed by atoms with E-state index in [1.54, 1.807) is 13.0 Å². The number of hydrogen-bond donors (Lipinski definition) is 2. The van der Waals surface area contributed by atoms with E-state index in [9.17, 15) is 4.39 Å². The van der Waals surface area contributed by atoms with Gasteiger partial charge in [0, 0.05) is 24.5 Å². The molecule has 0 radical (unpaired) electrons. The van der Waals surface area contributed by atoms with Crippen molar-refractivity contribution in [3.8, 4) is 0 Å². The van der Waals surface area contributed by atoms with Crippen molar-refractivity contribution < 1.29 is 4.39 Å². The third-order valence-corrected chi connectivity index (χ3v) is 4.74. The molecule has 1 aliphatic carbocycles. The number of allylic oxidation sites excluding steroid dienone is 4. The molecule has 0 bridgehead atoms. The third-order valence-electron chi connectivity index (χ3n) is 4.74. The average molecular weight is 334 g/mol. The summed E-state index contributed by atoms with van der Waals surface area (Å²) >= 11 is 0. The van der Waals surface area contributed by atoms with E-state index in [-0.39, 0.29) is 5.82 Å². The molecule has 1 unspecified atom stereocenters. The van der Waals surface area contributed by atoms with E-state index in [1.807, 2.05) is 31.3 Å². The molecule has 3 heteroatoms. The van der Waals surface area contributed by atoms with Gasteiger partial charge in [0.2, 0.25) is 0 Å². The van der Waals surface area contributed by atoms with E-state index >= 15 is 0 Å².